The SMILES string of the molecule is Cc1ccc(-c2c(Cl)cc(Cl)cc2Cl)cc1[N+](=O)[O-]. The minimum Gasteiger partial charge on any atom is -0.258 e. The van der Waals surface area contributed by atoms with Crippen LogP contribution in [0.2, 0.25) is 15.1 Å². The summed E-state index contributed by atoms with van der Waals surface area (Å²) in [7, 11) is 0. The largest absolute Gasteiger partial charge is 0.272 e. The average molecular weight is 317 g/mol. The second-order valence-corrected chi connectivity index (χ2v) is 5.25. The Morgan fingerprint density at radius 2 is 1.63 bits per heavy atom. The summed E-state index contributed by atoms with van der Waals surface area (Å²) in [4.78, 5) is 10.5. The summed E-state index contributed by atoms with van der Waals surface area (Å²) in [6.45, 7) is 1.67. The predicted molar refractivity (Wildman–Crippen MR) is 78.3 cm³/mol. The molecule has 0 saturated heterocycles. The Balaban J connectivity index is 2.66. The van der Waals surface area contributed by atoms with Gasteiger partial charge in [-0.2, -0.15) is 0 Å². The van der Waals surface area contributed by atoms with E-state index in [4.69, 9.17) is 34.8 Å². The van der Waals surface area contributed by atoms with Crippen molar-refractivity contribution in [2.75, 3.05) is 0 Å². The van der Waals surface area contributed by atoms with Gasteiger partial charge in [-0.25, -0.2) is 0 Å². The number of nitrogens with zero attached hydrogens (tertiary/aromatic N) is 1. The van der Waals surface area contributed by atoms with Crippen LogP contribution in [-0.2, 0) is 0 Å². The molecular formula is C13H8Cl3NO2. The topological polar surface area (TPSA) is 43.1 Å². The first kappa shape index (κ1) is 14.1. The Morgan fingerprint density at radius 1 is 1.05 bits per heavy atom. The Hall–Kier alpha value is -1.29. The molecule has 2 aromatic carbocycles. The Labute approximate surface area is 124 Å². The molecule has 98 valence electrons. The van der Waals surface area contributed by atoms with Gasteiger partial charge in [0.15, 0.2) is 0 Å². The summed E-state index contributed by atoms with van der Waals surface area (Å²) in [5, 5.41) is 12.1. The molecule has 0 aliphatic heterocycles. The van der Waals surface area contributed by atoms with Gasteiger partial charge in [0.05, 0.1) is 15.0 Å². The molecule has 19 heavy (non-hydrogen) atoms. The Kier molecular flexibility index (Phi) is 3.99. The van der Waals surface area contributed by atoms with E-state index in [9.17, 15) is 10.1 Å². The molecule has 0 saturated carbocycles. The van der Waals surface area contributed by atoms with Crippen LogP contribution in [0.1, 0.15) is 5.56 Å². The highest BCUT2D eigenvalue weighted by Gasteiger charge is 2.16. The van der Waals surface area contributed by atoms with Crippen molar-refractivity contribution in [1.82, 2.24) is 0 Å². The first-order chi connectivity index (χ1) is 8.90. The van der Waals surface area contributed by atoms with Gasteiger partial charge in [-0.15, -0.1) is 0 Å². The van der Waals surface area contributed by atoms with Crippen LogP contribution in [0.25, 0.3) is 11.1 Å². The summed E-state index contributed by atoms with van der Waals surface area (Å²) in [5.41, 5.74) is 1.73. The second-order valence-electron chi connectivity index (χ2n) is 4.00. The van der Waals surface area contributed by atoms with E-state index < -0.39 is 4.92 Å². The van der Waals surface area contributed by atoms with Gasteiger partial charge < -0.3 is 0 Å². The van der Waals surface area contributed by atoms with Crippen molar-refractivity contribution in [1.29, 1.82) is 0 Å². The molecule has 3 nitrogen and oxygen atoms in total. The third-order valence-electron chi connectivity index (χ3n) is 2.70. The zero-order valence-electron chi connectivity index (χ0n) is 9.78. The maximum Gasteiger partial charge on any atom is 0.272 e. The maximum atomic E-state index is 10.9. The molecule has 6 heteroatoms. The van der Waals surface area contributed by atoms with Gasteiger partial charge in [0.2, 0.25) is 0 Å². The summed E-state index contributed by atoms with van der Waals surface area (Å²) in [5.74, 6) is 0. The van der Waals surface area contributed by atoms with E-state index in [1.165, 1.54) is 6.07 Å². The minimum atomic E-state index is -0.434. The number of nitro groups is 1. The highest BCUT2D eigenvalue weighted by Crippen LogP contribution is 2.38. The lowest BCUT2D eigenvalue weighted by Crippen LogP contribution is -1.92. The van der Waals surface area contributed by atoms with Gasteiger partial charge in [-0.05, 0) is 24.6 Å². The highest BCUT2D eigenvalue weighted by atomic mass is 35.5. The van der Waals surface area contributed by atoms with Gasteiger partial charge >= 0.3 is 0 Å². The van der Waals surface area contributed by atoms with E-state index in [1.54, 1.807) is 31.2 Å². The normalized spacial score (nSPS) is 10.5. The standard InChI is InChI=1S/C13H8Cl3NO2/c1-7-2-3-8(4-12(7)17(18)19)13-10(15)5-9(14)6-11(13)16/h2-6H,1H3. The molecule has 0 aliphatic rings. The van der Waals surface area contributed by atoms with Crippen LogP contribution in [-0.4, -0.2) is 4.92 Å². The monoisotopic (exact) mass is 315 g/mol. The molecule has 0 aliphatic carbocycles. The molecular weight excluding hydrogens is 309 g/mol. The Morgan fingerprint density at radius 3 is 2.16 bits per heavy atom. The number of benzene rings is 2. The maximum absolute atomic E-state index is 10.9. The fourth-order valence-corrected chi connectivity index (χ4v) is 2.81. The van der Waals surface area contributed by atoms with E-state index in [0.717, 1.165) is 0 Å². The van der Waals surface area contributed by atoms with Crippen molar-refractivity contribution in [3.8, 4) is 11.1 Å². The first-order valence-electron chi connectivity index (χ1n) is 5.30. The van der Waals surface area contributed by atoms with Crippen LogP contribution in [0.15, 0.2) is 30.3 Å². The molecule has 0 amide bonds. The van der Waals surface area contributed by atoms with Crippen molar-refractivity contribution in [2.24, 2.45) is 0 Å². The average Bonchev–Trinajstić information content (AvgIpc) is 2.29. The zero-order chi connectivity index (χ0) is 14.2. The summed E-state index contributed by atoms with van der Waals surface area (Å²) in [6, 6.07) is 7.96. The smallest absolute Gasteiger partial charge is 0.258 e. The number of nitro benzene ring substituents is 1. The third-order valence-corrected chi connectivity index (χ3v) is 3.52. The molecule has 2 aromatic rings. The quantitative estimate of drug-likeness (QED) is 0.540. The number of rotatable bonds is 2. The molecule has 0 aromatic heterocycles. The molecule has 0 unspecified atom stereocenters. The number of halogens is 3. The van der Waals surface area contributed by atoms with Crippen molar-refractivity contribution < 1.29 is 4.92 Å². The van der Waals surface area contributed by atoms with Crippen molar-refractivity contribution in [3.63, 3.8) is 0 Å². The van der Waals surface area contributed by atoms with Gasteiger partial charge in [0.1, 0.15) is 0 Å². The van der Waals surface area contributed by atoms with Crippen LogP contribution in [0.5, 0.6) is 0 Å². The molecule has 0 spiro atoms. The molecule has 2 rings (SSSR count). The molecule has 0 N–H and O–H groups in total. The molecule has 0 atom stereocenters. The Bertz CT molecular complexity index is 648. The van der Waals surface area contributed by atoms with Crippen LogP contribution in [0.4, 0.5) is 5.69 Å². The molecule has 0 radical (unpaired) electrons. The molecule has 0 heterocycles. The van der Waals surface area contributed by atoms with Crippen molar-refractivity contribution in [3.05, 3.63) is 61.1 Å². The third kappa shape index (κ3) is 2.84. The minimum absolute atomic E-state index is 0.0274. The molecule has 0 fully saturated rings. The van der Waals surface area contributed by atoms with E-state index in [1.807, 2.05) is 0 Å². The van der Waals surface area contributed by atoms with Crippen LogP contribution in [0.3, 0.4) is 0 Å². The first-order valence-corrected chi connectivity index (χ1v) is 6.43. The van der Waals surface area contributed by atoms with Crippen molar-refractivity contribution in [2.45, 2.75) is 6.92 Å². The molecule has 0 bridgehead atoms. The number of hydrogen-bond donors (Lipinski definition) is 0. The van der Waals surface area contributed by atoms with E-state index in [2.05, 4.69) is 0 Å². The van der Waals surface area contributed by atoms with E-state index >= 15 is 0 Å². The van der Waals surface area contributed by atoms with Crippen LogP contribution < -0.4 is 0 Å². The highest BCUT2D eigenvalue weighted by molar-refractivity contribution is 6.41. The summed E-state index contributed by atoms with van der Waals surface area (Å²) < 4.78 is 0. The van der Waals surface area contributed by atoms with Gasteiger partial charge in [0, 0.05) is 22.2 Å². The summed E-state index contributed by atoms with van der Waals surface area (Å²) in [6.07, 6.45) is 0. The van der Waals surface area contributed by atoms with E-state index in [-0.39, 0.29) is 5.69 Å². The van der Waals surface area contributed by atoms with Crippen LogP contribution in [0, 0.1) is 17.0 Å². The fourth-order valence-electron chi connectivity index (χ4n) is 1.78. The van der Waals surface area contributed by atoms with Gasteiger partial charge in [-0.1, -0.05) is 46.9 Å². The lowest BCUT2D eigenvalue weighted by atomic mass is 10.0. The summed E-state index contributed by atoms with van der Waals surface area (Å²) >= 11 is 18.0. The van der Waals surface area contributed by atoms with Crippen LogP contribution >= 0.6 is 34.8 Å². The lowest BCUT2D eigenvalue weighted by Gasteiger charge is -2.08. The van der Waals surface area contributed by atoms with E-state index in [0.29, 0.717) is 31.8 Å². The zero-order valence-corrected chi connectivity index (χ0v) is 12.1. The fraction of sp³-hybridized carbons (Fsp3) is 0.0769. The number of aryl methyl sites for hydroxylation is 1. The van der Waals surface area contributed by atoms with Gasteiger partial charge in [-0.3, -0.25) is 10.1 Å². The second kappa shape index (κ2) is 5.37. The lowest BCUT2D eigenvalue weighted by molar-refractivity contribution is -0.385. The predicted octanol–water partition coefficient (Wildman–Crippen LogP) is 5.53. The van der Waals surface area contributed by atoms with Gasteiger partial charge in [0.25, 0.3) is 5.69 Å². The number of hydrogen-bond acceptors (Lipinski definition) is 2. The van der Waals surface area contributed by atoms with Crippen molar-refractivity contribution >= 4 is 40.5 Å².